The van der Waals surface area contributed by atoms with Crippen molar-refractivity contribution in [2.75, 3.05) is 18.4 Å². The van der Waals surface area contributed by atoms with Crippen LogP contribution in [0.15, 0.2) is 16.6 Å². The van der Waals surface area contributed by atoms with Crippen molar-refractivity contribution in [2.24, 2.45) is 0 Å². The van der Waals surface area contributed by atoms with Gasteiger partial charge in [-0.2, -0.15) is 0 Å². The van der Waals surface area contributed by atoms with Crippen LogP contribution in [0.25, 0.3) is 0 Å². The molecule has 0 amide bonds. The summed E-state index contributed by atoms with van der Waals surface area (Å²) in [6.45, 7) is 2.11. The van der Waals surface area contributed by atoms with Crippen molar-refractivity contribution < 1.29 is 9.31 Å². The second-order valence-corrected chi connectivity index (χ2v) is 6.18. The number of benzene rings is 1. The molecule has 2 saturated heterocycles. The van der Waals surface area contributed by atoms with Gasteiger partial charge in [-0.15, -0.1) is 0 Å². The van der Waals surface area contributed by atoms with Crippen LogP contribution in [0.2, 0.25) is 0 Å². The molecular weight excluding hydrogens is 329 g/mol. The van der Waals surface area contributed by atoms with Crippen LogP contribution in [0, 0.1) is 15.9 Å². The van der Waals surface area contributed by atoms with Gasteiger partial charge in [0, 0.05) is 30.8 Å². The highest BCUT2D eigenvalue weighted by Crippen LogP contribution is 2.35. The molecule has 20 heavy (non-hydrogen) atoms. The summed E-state index contributed by atoms with van der Waals surface area (Å²) in [5, 5.41) is 14.3. The maximum atomic E-state index is 13.6. The number of nitrogens with zero attached hydrogens (tertiary/aromatic N) is 2. The second kappa shape index (κ2) is 5.29. The fraction of sp³-hybridized carbons (Fsp3) is 0.538. The molecular formula is C13H15BrFN3O2. The van der Waals surface area contributed by atoms with Crippen LogP contribution in [-0.4, -0.2) is 35.0 Å². The topological polar surface area (TPSA) is 58.4 Å². The number of nitro groups is 1. The largest absolute Gasteiger partial charge is 0.375 e. The summed E-state index contributed by atoms with van der Waals surface area (Å²) in [5.41, 5.74) is 0.184. The van der Waals surface area contributed by atoms with Gasteiger partial charge in [0.2, 0.25) is 0 Å². The van der Waals surface area contributed by atoms with Gasteiger partial charge in [0.05, 0.1) is 9.40 Å². The third-order valence-electron chi connectivity index (χ3n) is 4.18. The molecule has 0 spiro atoms. The summed E-state index contributed by atoms with van der Waals surface area (Å²) < 4.78 is 13.8. The first-order valence-electron chi connectivity index (χ1n) is 6.70. The van der Waals surface area contributed by atoms with E-state index in [1.165, 1.54) is 18.6 Å². The van der Waals surface area contributed by atoms with Gasteiger partial charge in [-0.1, -0.05) is 0 Å². The van der Waals surface area contributed by atoms with E-state index in [1.807, 2.05) is 0 Å². The molecule has 7 heteroatoms. The molecule has 1 aromatic rings. The zero-order valence-corrected chi connectivity index (χ0v) is 12.4. The number of hydrogen-bond donors (Lipinski definition) is 1. The van der Waals surface area contributed by atoms with E-state index in [1.54, 1.807) is 0 Å². The Hall–Kier alpha value is -1.21. The molecule has 1 N–H and O–H groups in total. The molecule has 2 aliphatic rings. The lowest BCUT2D eigenvalue weighted by Gasteiger charge is -2.22. The van der Waals surface area contributed by atoms with E-state index in [0.29, 0.717) is 6.04 Å². The molecule has 108 valence electrons. The maximum Gasteiger partial charge on any atom is 0.293 e. The summed E-state index contributed by atoms with van der Waals surface area (Å²) in [5.74, 6) is -0.487. The van der Waals surface area contributed by atoms with Crippen molar-refractivity contribution in [3.8, 4) is 0 Å². The fourth-order valence-electron chi connectivity index (χ4n) is 3.25. The molecule has 0 bridgehead atoms. The predicted molar refractivity (Wildman–Crippen MR) is 77.4 cm³/mol. The van der Waals surface area contributed by atoms with Gasteiger partial charge in [0.15, 0.2) is 0 Å². The molecule has 1 aromatic carbocycles. The van der Waals surface area contributed by atoms with E-state index < -0.39 is 10.7 Å². The maximum absolute atomic E-state index is 13.6. The van der Waals surface area contributed by atoms with E-state index >= 15 is 0 Å². The highest BCUT2D eigenvalue weighted by atomic mass is 79.9. The summed E-state index contributed by atoms with van der Waals surface area (Å²) in [6.07, 6.45) is 3.21. The lowest BCUT2D eigenvalue weighted by Crippen LogP contribution is -2.33. The second-order valence-electron chi connectivity index (χ2n) is 5.33. The molecule has 2 heterocycles. The average molecular weight is 344 g/mol. The van der Waals surface area contributed by atoms with Gasteiger partial charge >= 0.3 is 0 Å². The molecule has 0 saturated carbocycles. The predicted octanol–water partition coefficient (Wildman–Crippen LogP) is 3.15. The number of anilines is 1. The Morgan fingerprint density at radius 3 is 2.95 bits per heavy atom. The molecule has 3 rings (SSSR count). The Kier molecular flexibility index (Phi) is 3.64. The SMILES string of the molecule is O=[N+]([O-])c1cc(Br)c(F)cc1NC1CCN2CCCC12. The van der Waals surface area contributed by atoms with Crippen LogP contribution in [-0.2, 0) is 0 Å². The summed E-state index contributed by atoms with van der Waals surface area (Å²) in [6, 6.07) is 3.01. The fourth-order valence-corrected chi connectivity index (χ4v) is 3.58. The van der Waals surface area contributed by atoms with E-state index in [-0.39, 0.29) is 21.9 Å². The number of halogens is 2. The van der Waals surface area contributed by atoms with Gasteiger partial charge in [0.25, 0.3) is 5.69 Å². The average Bonchev–Trinajstić information content (AvgIpc) is 2.98. The minimum atomic E-state index is -0.487. The normalized spacial score (nSPS) is 25.7. The lowest BCUT2D eigenvalue weighted by atomic mass is 10.1. The van der Waals surface area contributed by atoms with E-state index in [2.05, 4.69) is 26.1 Å². The molecule has 0 radical (unpaired) electrons. The number of rotatable bonds is 3. The van der Waals surface area contributed by atoms with Crippen LogP contribution in [0.4, 0.5) is 15.8 Å². The van der Waals surface area contributed by atoms with Gasteiger partial charge < -0.3 is 5.32 Å². The van der Waals surface area contributed by atoms with Gasteiger partial charge in [-0.05, 0) is 41.7 Å². The monoisotopic (exact) mass is 343 g/mol. The number of fused-ring (bicyclic) bond motifs is 1. The Bertz CT molecular complexity index is 555. The third kappa shape index (κ3) is 2.40. The zero-order valence-electron chi connectivity index (χ0n) is 10.8. The molecule has 5 nitrogen and oxygen atoms in total. The highest BCUT2D eigenvalue weighted by Gasteiger charge is 2.37. The first-order valence-corrected chi connectivity index (χ1v) is 7.49. The Morgan fingerprint density at radius 1 is 1.40 bits per heavy atom. The van der Waals surface area contributed by atoms with Crippen molar-refractivity contribution in [1.29, 1.82) is 0 Å². The van der Waals surface area contributed by atoms with Crippen LogP contribution in [0.3, 0.4) is 0 Å². The van der Waals surface area contributed by atoms with Gasteiger partial charge in [0.1, 0.15) is 11.5 Å². The first-order chi connectivity index (χ1) is 9.56. The van der Waals surface area contributed by atoms with Gasteiger partial charge in [-0.3, -0.25) is 15.0 Å². The van der Waals surface area contributed by atoms with Crippen molar-refractivity contribution in [3.63, 3.8) is 0 Å². The van der Waals surface area contributed by atoms with Gasteiger partial charge in [-0.25, -0.2) is 4.39 Å². The summed E-state index contributed by atoms with van der Waals surface area (Å²) in [7, 11) is 0. The van der Waals surface area contributed by atoms with Crippen molar-refractivity contribution in [3.05, 3.63) is 32.5 Å². The third-order valence-corrected chi connectivity index (χ3v) is 4.79. The van der Waals surface area contributed by atoms with Crippen molar-refractivity contribution >= 4 is 27.3 Å². The van der Waals surface area contributed by atoms with Crippen LogP contribution in [0.1, 0.15) is 19.3 Å². The van der Waals surface area contributed by atoms with E-state index in [0.717, 1.165) is 25.9 Å². The summed E-state index contributed by atoms with van der Waals surface area (Å²) >= 11 is 2.99. The quantitative estimate of drug-likeness (QED) is 0.676. The van der Waals surface area contributed by atoms with Crippen LogP contribution < -0.4 is 5.32 Å². The molecule has 0 aliphatic carbocycles. The smallest absolute Gasteiger partial charge is 0.293 e. The molecule has 2 fully saturated rings. The standard InChI is InChI=1S/C13H15BrFN3O2/c14-8-6-13(18(19)20)11(7-9(8)15)16-10-3-5-17-4-1-2-12(10)17/h6-7,10,12,16H,1-5H2. The zero-order chi connectivity index (χ0) is 14.3. The summed E-state index contributed by atoms with van der Waals surface area (Å²) in [4.78, 5) is 13.0. The van der Waals surface area contributed by atoms with Crippen molar-refractivity contribution in [1.82, 2.24) is 4.90 Å². The number of hydrogen-bond acceptors (Lipinski definition) is 4. The van der Waals surface area contributed by atoms with Crippen molar-refractivity contribution in [2.45, 2.75) is 31.3 Å². The lowest BCUT2D eigenvalue weighted by molar-refractivity contribution is -0.384. The number of nitro benzene ring substituents is 1. The Labute approximate surface area is 124 Å². The minimum Gasteiger partial charge on any atom is -0.375 e. The molecule has 2 atom stereocenters. The Morgan fingerprint density at radius 2 is 2.20 bits per heavy atom. The molecule has 2 aliphatic heterocycles. The minimum absolute atomic E-state index is 0.0882. The highest BCUT2D eigenvalue weighted by molar-refractivity contribution is 9.10. The number of nitrogens with one attached hydrogen (secondary N) is 1. The van der Waals surface area contributed by atoms with E-state index in [9.17, 15) is 14.5 Å². The van der Waals surface area contributed by atoms with Crippen LogP contribution >= 0.6 is 15.9 Å². The Balaban J connectivity index is 1.86. The first kappa shape index (κ1) is 13.8. The van der Waals surface area contributed by atoms with Crippen LogP contribution in [0.5, 0.6) is 0 Å². The molecule has 2 unspecified atom stereocenters. The van der Waals surface area contributed by atoms with E-state index in [4.69, 9.17) is 0 Å². The molecule has 0 aromatic heterocycles.